The maximum atomic E-state index is 2.61. The third-order valence-corrected chi connectivity index (χ3v) is 2.66. The third-order valence-electron chi connectivity index (χ3n) is 2.66. The molecule has 1 unspecified atom stereocenters. The van der Waals surface area contributed by atoms with Crippen LogP contribution in [0.25, 0.3) is 0 Å². The van der Waals surface area contributed by atoms with Crippen LogP contribution in [0.4, 0.5) is 0 Å². The lowest BCUT2D eigenvalue weighted by atomic mass is 9.97. The van der Waals surface area contributed by atoms with Gasteiger partial charge in [0, 0.05) is 12.6 Å². The Morgan fingerprint density at radius 2 is 2.20 bits per heavy atom. The Morgan fingerprint density at radius 3 is 3.10 bits per heavy atom. The second-order valence-corrected chi connectivity index (χ2v) is 3.35. The molecule has 1 saturated heterocycles. The highest BCUT2D eigenvalue weighted by molar-refractivity contribution is 4.97. The summed E-state index contributed by atoms with van der Waals surface area (Å²) in [5.74, 6) is 0. The zero-order chi connectivity index (χ0) is 6.81. The molecule has 0 saturated carbocycles. The molecule has 0 aromatic rings. The minimum Gasteiger partial charge on any atom is -0.296 e. The maximum Gasteiger partial charge on any atom is 0.0166 e. The van der Waals surface area contributed by atoms with Gasteiger partial charge in [-0.2, -0.15) is 0 Å². The van der Waals surface area contributed by atoms with Crippen LogP contribution in [0.5, 0.6) is 0 Å². The van der Waals surface area contributed by atoms with Crippen LogP contribution in [0.2, 0.25) is 0 Å². The third kappa shape index (κ3) is 1.10. The molecule has 0 bridgehead atoms. The highest BCUT2D eigenvalue weighted by Gasteiger charge is 2.21. The molecular formula is C9H15N. The van der Waals surface area contributed by atoms with Gasteiger partial charge in [-0.15, -0.1) is 0 Å². The van der Waals surface area contributed by atoms with E-state index in [1.165, 1.54) is 38.8 Å². The summed E-state index contributed by atoms with van der Waals surface area (Å²) < 4.78 is 0. The number of piperidine rings is 1. The minimum absolute atomic E-state index is 0.902. The zero-order valence-electron chi connectivity index (χ0n) is 6.42. The Balaban J connectivity index is 2.01. The van der Waals surface area contributed by atoms with Gasteiger partial charge in [-0.1, -0.05) is 18.6 Å². The Hall–Kier alpha value is -0.300. The number of nitrogens with zero attached hydrogens (tertiary/aromatic N) is 1. The lowest BCUT2D eigenvalue weighted by Crippen LogP contribution is -2.40. The fourth-order valence-corrected chi connectivity index (χ4v) is 2.03. The van der Waals surface area contributed by atoms with Crippen LogP contribution in [0.15, 0.2) is 12.2 Å². The molecule has 1 heteroatoms. The fourth-order valence-electron chi connectivity index (χ4n) is 2.03. The maximum absolute atomic E-state index is 2.61. The summed E-state index contributed by atoms with van der Waals surface area (Å²) >= 11 is 0. The zero-order valence-corrected chi connectivity index (χ0v) is 6.42. The van der Waals surface area contributed by atoms with Gasteiger partial charge in [-0.05, 0) is 25.8 Å². The van der Waals surface area contributed by atoms with Crippen LogP contribution in [0.3, 0.4) is 0 Å². The first kappa shape index (κ1) is 6.41. The van der Waals surface area contributed by atoms with Crippen molar-refractivity contribution in [2.45, 2.75) is 31.7 Å². The van der Waals surface area contributed by atoms with Crippen molar-refractivity contribution in [3.63, 3.8) is 0 Å². The average molecular weight is 137 g/mol. The van der Waals surface area contributed by atoms with E-state index in [-0.39, 0.29) is 0 Å². The van der Waals surface area contributed by atoms with E-state index in [4.69, 9.17) is 0 Å². The lowest BCUT2D eigenvalue weighted by molar-refractivity contribution is 0.158. The molecule has 0 aliphatic carbocycles. The first-order valence-electron chi connectivity index (χ1n) is 4.36. The van der Waals surface area contributed by atoms with Gasteiger partial charge in [0.1, 0.15) is 0 Å². The van der Waals surface area contributed by atoms with E-state index in [1.807, 2.05) is 0 Å². The van der Waals surface area contributed by atoms with Crippen LogP contribution in [0, 0.1) is 0 Å². The van der Waals surface area contributed by atoms with Gasteiger partial charge >= 0.3 is 0 Å². The molecule has 1 fully saturated rings. The van der Waals surface area contributed by atoms with E-state index in [2.05, 4.69) is 17.1 Å². The second-order valence-electron chi connectivity index (χ2n) is 3.35. The van der Waals surface area contributed by atoms with E-state index < -0.39 is 0 Å². The molecular weight excluding hydrogens is 122 g/mol. The Labute approximate surface area is 62.7 Å². The Morgan fingerprint density at radius 1 is 1.20 bits per heavy atom. The van der Waals surface area contributed by atoms with Gasteiger partial charge in [0.2, 0.25) is 0 Å². The predicted molar refractivity (Wildman–Crippen MR) is 43.0 cm³/mol. The normalized spacial score (nSPS) is 33.8. The number of hydrogen-bond acceptors (Lipinski definition) is 1. The first-order chi connectivity index (χ1) is 4.97. The average Bonchev–Trinajstić information content (AvgIpc) is 2.05. The van der Waals surface area contributed by atoms with Gasteiger partial charge < -0.3 is 0 Å². The topological polar surface area (TPSA) is 3.24 Å². The molecule has 0 spiro atoms. The van der Waals surface area contributed by atoms with Crippen LogP contribution >= 0.6 is 0 Å². The smallest absolute Gasteiger partial charge is 0.0166 e. The molecule has 2 aliphatic heterocycles. The van der Waals surface area contributed by atoms with Gasteiger partial charge in [0.05, 0.1) is 0 Å². The van der Waals surface area contributed by atoms with Crippen LogP contribution in [-0.4, -0.2) is 24.0 Å². The molecule has 2 rings (SSSR count). The van der Waals surface area contributed by atoms with Gasteiger partial charge in [0.25, 0.3) is 0 Å². The van der Waals surface area contributed by atoms with Gasteiger partial charge in [-0.25, -0.2) is 0 Å². The van der Waals surface area contributed by atoms with Gasteiger partial charge in [0.15, 0.2) is 0 Å². The SMILES string of the molecule is C1=CCN2CCCCC2C1. The number of rotatable bonds is 0. The van der Waals surface area contributed by atoms with E-state index in [0.29, 0.717) is 0 Å². The Kier molecular flexibility index (Phi) is 1.76. The first-order valence-corrected chi connectivity index (χ1v) is 4.36. The quantitative estimate of drug-likeness (QED) is 0.460. The number of fused-ring (bicyclic) bond motifs is 1. The summed E-state index contributed by atoms with van der Waals surface area (Å²) in [6, 6.07) is 0.902. The summed E-state index contributed by atoms with van der Waals surface area (Å²) in [6.07, 6.45) is 10.3. The van der Waals surface area contributed by atoms with Crippen molar-refractivity contribution in [1.29, 1.82) is 0 Å². The standard InChI is InChI=1S/C9H15N/c1-3-7-10-8-4-2-6-9(10)5-1/h1,3,9H,2,4-8H2. The van der Waals surface area contributed by atoms with E-state index in [1.54, 1.807) is 0 Å². The van der Waals surface area contributed by atoms with Crippen molar-refractivity contribution >= 4 is 0 Å². The monoisotopic (exact) mass is 137 g/mol. The van der Waals surface area contributed by atoms with E-state index in [0.717, 1.165) is 6.04 Å². The van der Waals surface area contributed by atoms with Crippen molar-refractivity contribution in [3.05, 3.63) is 12.2 Å². The minimum atomic E-state index is 0.902. The largest absolute Gasteiger partial charge is 0.296 e. The highest BCUT2D eigenvalue weighted by atomic mass is 15.2. The summed E-state index contributed by atoms with van der Waals surface area (Å²) in [6.45, 7) is 2.56. The van der Waals surface area contributed by atoms with E-state index in [9.17, 15) is 0 Å². The molecule has 0 aromatic heterocycles. The molecule has 56 valence electrons. The highest BCUT2D eigenvalue weighted by Crippen LogP contribution is 2.21. The molecule has 1 nitrogen and oxygen atoms in total. The number of hydrogen-bond donors (Lipinski definition) is 0. The van der Waals surface area contributed by atoms with Crippen LogP contribution in [-0.2, 0) is 0 Å². The molecule has 0 radical (unpaired) electrons. The summed E-state index contributed by atoms with van der Waals surface area (Å²) in [5, 5.41) is 0. The van der Waals surface area contributed by atoms with Crippen molar-refractivity contribution in [1.82, 2.24) is 4.90 Å². The molecule has 0 N–H and O–H groups in total. The van der Waals surface area contributed by atoms with Crippen molar-refractivity contribution in [2.75, 3.05) is 13.1 Å². The van der Waals surface area contributed by atoms with Gasteiger partial charge in [-0.3, -0.25) is 4.90 Å². The van der Waals surface area contributed by atoms with Crippen molar-refractivity contribution in [2.24, 2.45) is 0 Å². The molecule has 0 aromatic carbocycles. The summed E-state index contributed by atoms with van der Waals surface area (Å²) in [5.41, 5.74) is 0. The van der Waals surface area contributed by atoms with Crippen LogP contribution < -0.4 is 0 Å². The summed E-state index contributed by atoms with van der Waals surface area (Å²) in [7, 11) is 0. The second kappa shape index (κ2) is 2.75. The predicted octanol–water partition coefficient (Wildman–Crippen LogP) is 1.80. The molecule has 2 heterocycles. The molecule has 1 atom stereocenters. The van der Waals surface area contributed by atoms with Crippen molar-refractivity contribution < 1.29 is 0 Å². The fraction of sp³-hybridized carbons (Fsp3) is 0.778. The van der Waals surface area contributed by atoms with E-state index >= 15 is 0 Å². The molecule has 0 amide bonds. The van der Waals surface area contributed by atoms with Crippen molar-refractivity contribution in [3.8, 4) is 0 Å². The van der Waals surface area contributed by atoms with Crippen LogP contribution in [0.1, 0.15) is 25.7 Å². The molecule has 10 heavy (non-hydrogen) atoms. The lowest BCUT2D eigenvalue weighted by Gasteiger charge is -2.36. The summed E-state index contributed by atoms with van der Waals surface area (Å²) in [4.78, 5) is 2.61. The molecule has 2 aliphatic rings. The Bertz CT molecular complexity index is 124.